The minimum atomic E-state index is -0.648. The first-order chi connectivity index (χ1) is 16.0. The predicted molar refractivity (Wildman–Crippen MR) is 120 cm³/mol. The van der Waals surface area contributed by atoms with Crippen molar-refractivity contribution in [3.63, 3.8) is 0 Å². The van der Waals surface area contributed by atoms with Crippen LogP contribution in [0.2, 0.25) is 0 Å². The van der Waals surface area contributed by atoms with Crippen LogP contribution in [0.5, 0.6) is 0 Å². The highest BCUT2D eigenvalue weighted by molar-refractivity contribution is 6.05. The zero-order chi connectivity index (χ0) is 22.9. The molecule has 2 aliphatic heterocycles. The summed E-state index contributed by atoms with van der Waals surface area (Å²) in [5.74, 6) is 4.04. The SMILES string of the molecule is O=C(C#Cc1cc2ccccc2[nH]1)NCc1ccc2c(c1)CN(C1CCC(=O)NC1=O)C2=O. The molecular formula is C25H20N4O4. The topological polar surface area (TPSA) is 111 Å². The Balaban J connectivity index is 1.22. The molecule has 3 N–H and O–H groups in total. The van der Waals surface area contributed by atoms with Crippen LogP contribution >= 0.6 is 0 Å². The molecule has 1 aromatic heterocycles. The van der Waals surface area contributed by atoms with Crippen LogP contribution < -0.4 is 10.6 Å². The first kappa shape index (κ1) is 20.5. The lowest BCUT2D eigenvalue weighted by atomic mass is 10.0. The maximum atomic E-state index is 12.8. The molecule has 4 amide bonds. The van der Waals surface area contributed by atoms with Crippen LogP contribution in [0.4, 0.5) is 0 Å². The summed E-state index contributed by atoms with van der Waals surface area (Å²) in [5.41, 5.74) is 3.78. The predicted octanol–water partition coefficient (Wildman–Crippen LogP) is 1.60. The highest BCUT2D eigenvalue weighted by atomic mass is 16.2. The number of hydrogen-bond acceptors (Lipinski definition) is 4. The molecular weight excluding hydrogens is 420 g/mol. The summed E-state index contributed by atoms with van der Waals surface area (Å²) in [5, 5.41) is 6.09. The fraction of sp³-hybridized carbons (Fsp3) is 0.200. The van der Waals surface area contributed by atoms with Gasteiger partial charge in [-0.15, -0.1) is 0 Å². The lowest BCUT2D eigenvalue weighted by molar-refractivity contribution is -0.137. The molecule has 1 fully saturated rings. The van der Waals surface area contributed by atoms with E-state index in [-0.39, 0.29) is 24.8 Å². The van der Waals surface area contributed by atoms with E-state index in [2.05, 4.69) is 27.5 Å². The number of amides is 4. The Morgan fingerprint density at radius 1 is 1.12 bits per heavy atom. The van der Waals surface area contributed by atoms with Gasteiger partial charge in [0.25, 0.3) is 11.8 Å². The zero-order valence-electron chi connectivity index (χ0n) is 17.6. The second-order valence-corrected chi connectivity index (χ2v) is 8.09. The molecule has 0 saturated carbocycles. The second-order valence-electron chi connectivity index (χ2n) is 8.09. The Morgan fingerprint density at radius 3 is 2.79 bits per heavy atom. The molecule has 8 heteroatoms. The summed E-state index contributed by atoms with van der Waals surface area (Å²) in [6, 6.07) is 14.4. The molecule has 1 unspecified atom stereocenters. The number of aromatic nitrogens is 1. The van der Waals surface area contributed by atoms with Crippen molar-refractivity contribution in [1.29, 1.82) is 0 Å². The molecule has 0 radical (unpaired) electrons. The van der Waals surface area contributed by atoms with Crippen molar-refractivity contribution >= 4 is 34.5 Å². The number of carbonyl (C=O) groups excluding carboxylic acids is 4. The maximum absolute atomic E-state index is 12.8. The van der Waals surface area contributed by atoms with Gasteiger partial charge in [-0.1, -0.05) is 30.3 Å². The summed E-state index contributed by atoms with van der Waals surface area (Å²) in [4.78, 5) is 53.1. The quantitative estimate of drug-likeness (QED) is 0.424. The molecule has 0 aliphatic carbocycles. The van der Waals surface area contributed by atoms with Crippen molar-refractivity contribution < 1.29 is 19.2 Å². The van der Waals surface area contributed by atoms with Crippen LogP contribution in [0.1, 0.15) is 40.0 Å². The Kier molecular flexibility index (Phi) is 5.15. The number of piperidine rings is 1. The van der Waals surface area contributed by atoms with E-state index in [9.17, 15) is 19.2 Å². The number of para-hydroxylation sites is 1. The van der Waals surface area contributed by atoms with E-state index in [1.54, 1.807) is 12.1 Å². The van der Waals surface area contributed by atoms with E-state index < -0.39 is 17.9 Å². The van der Waals surface area contributed by atoms with E-state index in [0.29, 0.717) is 24.2 Å². The van der Waals surface area contributed by atoms with Crippen LogP contribution in [-0.4, -0.2) is 39.6 Å². The van der Waals surface area contributed by atoms with Crippen molar-refractivity contribution in [2.24, 2.45) is 0 Å². The number of rotatable bonds is 3. The number of fused-ring (bicyclic) bond motifs is 2. The van der Waals surface area contributed by atoms with Crippen molar-refractivity contribution in [2.45, 2.75) is 32.0 Å². The molecule has 3 aromatic rings. The van der Waals surface area contributed by atoms with Crippen LogP contribution in [-0.2, 0) is 27.5 Å². The third kappa shape index (κ3) is 4.08. The van der Waals surface area contributed by atoms with Crippen molar-refractivity contribution in [1.82, 2.24) is 20.5 Å². The normalized spacial score (nSPS) is 17.4. The number of imide groups is 1. The molecule has 2 aliphatic rings. The summed E-state index contributed by atoms with van der Waals surface area (Å²) >= 11 is 0. The summed E-state index contributed by atoms with van der Waals surface area (Å²) in [7, 11) is 0. The Labute approximate surface area is 189 Å². The van der Waals surface area contributed by atoms with Gasteiger partial charge in [0.05, 0.1) is 5.69 Å². The molecule has 2 aromatic carbocycles. The standard InChI is InChI=1S/C25H20N4O4/c30-22(9-6-18-12-16-3-1-2-4-20(16)27-18)26-13-15-5-7-19-17(11-15)14-29(25(19)33)21-8-10-23(31)28-24(21)32/h1-5,7,11-12,21,27H,8,10,13-14H2,(H,26,30)(H,28,31,32). The van der Waals surface area contributed by atoms with Crippen LogP contribution in [0.3, 0.4) is 0 Å². The van der Waals surface area contributed by atoms with Gasteiger partial charge in [0.15, 0.2) is 0 Å². The molecule has 164 valence electrons. The fourth-order valence-corrected chi connectivity index (χ4v) is 4.23. The highest BCUT2D eigenvalue weighted by Gasteiger charge is 2.39. The third-order valence-corrected chi connectivity index (χ3v) is 5.88. The molecule has 0 spiro atoms. The van der Waals surface area contributed by atoms with Gasteiger partial charge in [-0.2, -0.15) is 0 Å². The van der Waals surface area contributed by atoms with Crippen LogP contribution in [0.15, 0.2) is 48.5 Å². The first-order valence-corrected chi connectivity index (χ1v) is 10.6. The number of benzene rings is 2. The second kappa shape index (κ2) is 8.28. The highest BCUT2D eigenvalue weighted by Crippen LogP contribution is 2.28. The number of nitrogens with one attached hydrogen (secondary N) is 3. The summed E-state index contributed by atoms with van der Waals surface area (Å²) < 4.78 is 0. The molecule has 0 bridgehead atoms. The number of H-pyrrole nitrogens is 1. The first-order valence-electron chi connectivity index (χ1n) is 10.6. The lowest BCUT2D eigenvalue weighted by Gasteiger charge is -2.29. The van der Waals surface area contributed by atoms with Crippen molar-refractivity contribution in [3.05, 3.63) is 70.9 Å². The minimum absolute atomic E-state index is 0.216. The van der Waals surface area contributed by atoms with Crippen LogP contribution in [0, 0.1) is 11.8 Å². The molecule has 5 rings (SSSR count). The monoisotopic (exact) mass is 440 g/mol. The van der Waals surface area contributed by atoms with Gasteiger partial charge in [0.1, 0.15) is 6.04 Å². The molecule has 33 heavy (non-hydrogen) atoms. The molecule has 8 nitrogen and oxygen atoms in total. The average molecular weight is 440 g/mol. The Hall–Kier alpha value is -4.38. The fourth-order valence-electron chi connectivity index (χ4n) is 4.23. The van der Waals surface area contributed by atoms with E-state index in [4.69, 9.17) is 0 Å². The van der Waals surface area contributed by atoms with Gasteiger partial charge in [-0.25, -0.2) is 0 Å². The average Bonchev–Trinajstić information content (AvgIpc) is 3.37. The van der Waals surface area contributed by atoms with Gasteiger partial charge in [0, 0.05) is 41.9 Å². The van der Waals surface area contributed by atoms with Gasteiger partial charge in [-0.3, -0.25) is 24.5 Å². The van der Waals surface area contributed by atoms with Gasteiger partial charge in [-0.05, 0) is 41.7 Å². The Bertz CT molecular complexity index is 1340. The van der Waals surface area contributed by atoms with E-state index >= 15 is 0 Å². The Morgan fingerprint density at radius 2 is 1.97 bits per heavy atom. The summed E-state index contributed by atoms with van der Waals surface area (Å²) in [6.07, 6.45) is 0.537. The number of hydrogen-bond donors (Lipinski definition) is 3. The molecule has 1 saturated heterocycles. The van der Waals surface area contributed by atoms with Gasteiger partial charge >= 0.3 is 0 Å². The van der Waals surface area contributed by atoms with Crippen molar-refractivity contribution in [3.8, 4) is 11.8 Å². The molecule has 1 atom stereocenters. The largest absolute Gasteiger partial charge is 0.348 e. The van der Waals surface area contributed by atoms with Crippen LogP contribution in [0.25, 0.3) is 10.9 Å². The van der Waals surface area contributed by atoms with Gasteiger partial charge in [0.2, 0.25) is 11.8 Å². The minimum Gasteiger partial charge on any atom is -0.348 e. The number of aromatic amines is 1. The number of nitrogens with zero attached hydrogens (tertiary/aromatic N) is 1. The lowest BCUT2D eigenvalue weighted by Crippen LogP contribution is -2.52. The summed E-state index contributed by atoms with van der Waals surface area (Å²) in [6.45, 7) is 0.558. The molecule has 3 heterocycles. The number of carbonyl (C=O) groups is 4. The zero-order valence-corrected chi connectivity index (χ0v) is 17.6. The van der Waals surface area contributed by atoms with E-state index in [1.807, 2.05) is 36.4 Å². The van der Waals surface area contributed by atoms with Crippen molar-refractivity contribution in [2.75, 3.05) is 0 Å². The maximum Gasteiger partial charge on any atom is 0.296 e. The van der Waals surface area contributed by atoms with E-state index in [0.717, 1.165) is 22.0 Å². The smallest absolute Gasteiger partial charge is 0.296 e. The third-order valence-electron chi connectivity index (χ3n) is 5.88. The van der Waals surface area contributed by atoms with Gasteiger partial charge < -0.3 is 15.2 Å². The van der Waals surface area contributed by atoms with E-state index in [1.165, 1.54) is 4.90 Å².